The molecule has 0 bridgehead atoms. The minimum absolute atomic E-state index is 1.11. The highest BCUT2D eigenvalue weighted by Crippen LogP contribution is 2.13. The second-order valence-electron chi connectivity index (χ2n) is 8.02. The van der Waals surface area contributed by atoms with Crippen LogP contribution in [0.3, 0.4) is 0 Å². The second kappa shape index (κ2) is 17.6. The molecule has 0 fully saturated rings. The number of unbranched alkanes of at least 4 members (excludes halogenated alkanes) is 13. The lowest BCUT2D eigenvalue weighted by Crippen LogP contribution is -2.18. The van der Waals surface area contributed by atoms with Gasteiger partial charge in [-0.05, 0) is 44.0 Å². The summed E-state index contributed by atoms with van der Waals surface area (Å²) in [5.74, 6) is 0. The van der Waals surface area contributed by atoms with Crippen molar-refractivity contribution in [2.75, 3.05) is 13.1 Å². The quantitative estimate of drug-likeness (QED) is 0.266. The lowest BCUT2D eigenvalue weighted by molar-refractivity contribution is 0.530. The molecule has 26 heavy (non-hydrogen) atoms. The number of benzene rings is 1. The molecule has 1 aromatic rings. The van der Waals surface area contributed by atoms with Crippen LogP contribution in [0.15, 0.2) is 24.3 Å². The summed E-state index contributed by atoms with van der Waals surface area (Å²) in [5.41, 5.74) is 2.91. The van der Waals surface area contributed by atoms with Gasteiger partial charge >= 0.3 is 0 Å². The molecule has 0 aromatic heterocycles. The monoisotopic (exact) mass is 359 g/mol. The zero-order valence-corrected chi connectivity index (χ0v) is 17.8. The maximum Gasteiger partial charge on any atom is -0.000825 e. The molecule has 0 unspecified atom stereocenters. The normalized spacial score (nSPS) is 11.2. The van der Waals surface area contributed by atoms with E-state index in [4.69, 9.17) is 0 Å². The van der Waals surface area contributed by atoms with Crippen LogP contribution in [-0.4, -0.2) is 13.1 Å². The van der Waals surface area contributed by atoms with Gasteiger partial charge in [0, 0.05) is 0 Å². The zero-order chi connectivity index (χ0) is 18.7. The van der Waals surface area contributed by atoms with E-state index in [2.05, 4.69) is 43.4 Å². The van der Waals surface area contributed by atoms with Gasteiger partial charge in [0.1, 0.15) is 0 Å². The smallest absolute Gasteiger partial charge is 0.000825 e. The summed E-state index contributed by atoms with van der Waals surface area (Å²) in [4.78, 5) is 0. The summed E-state index contributed by atoms with van der Waals surface area (Å²) < 4.78 is 0. The average Bonchev–Trinajstić information content (AvgIpc) is 2.65. The molecule has 0 aliphatic carbocycles. The molecule has 1 N–H and O–H groups in total. The Hall–Kier alpha value is -0.820. The van der Waals surface area contributed by atoms with Gasteiger partial charge in [0.25, 0.3) is 0 Å². The van der Waals surface area contributed by atoms with Gasteiger partial charge in [0.15, 0.2) is 0 Å². The van der Waals surface area contributed by atoms with E-state index in [1.54, 1.807) is 0 Å². The summed E-state index contributed by atoms with van der Waals surface area (Å²) in [6, 6.07) is 8.74. The Morgan fingerprint density at radius 2 is 1.12 bits per heavy atom. The molecule has 0 heterocycles. The molecule has 1 nitrogen and oxygen atoms in total. The summed E-state index contributed by atoms with van der Waals surface area (Å²) in [6.07, 6.45) is 21.3. The predicted molar refractivity (Wildman–Crippen MR) is 118 cm³/mol. The third-order valence-corrected chi connectivity index (χ3v) is 5.54. The van der Waals surface area contributed by atoms with Crippen molar-refractivity contribution in [3.63, 3.8) is 0 Å². The van der Waals surface area contributed by atoms with Crippen LogP contribution in [0.5, 0.6) is 0 Å². The molecule has 0 atom stereocenters. The van der Waals surface area contributed by atoms with E-state index < -0.39 is 0 Å². The summed E-state index contributed by atoms with van der Waals surface area (Å²) in [6.45, 7) is 6.81. The van der Waals surface area contributed by atoms with Gasteiger partial charge in [0.05, 0.1) is 0 Å². The fourth-order valence-corrected chi connectivity index (χ4v) is 3.68. The third kappa shape index (κ3) is 13.4. The van der Waals surface area contributed by atoms with Crippen LogP contribution in [0.2, 0.25) is 0 Å². The van der Waals surface area contributed by atoms with Gasteiger partial charge in [-0.1, -0.05) is 115 Å². The second-order valence-corrected chi connectivity index (χ2v) is 8.02. The SMILES string of the molecule is CCCCCCCCCCCCCCCCNCCc1ccccc1C. The molecule has 0 radical (unpaired) electrons. The highest BCUT2D eigenvalue weighted by molar-refractivity contribution is 5.25. The lowest BCUT2D eigenvalue weighted by Gasteiger charge is -2.07. The molecule has 0 aliphatic rings. The molecular weight excluding hydrogens is 314 g/mol. The Morgan fingerprint density at radius 3 is 1.65 bits per heavy atom. The largest absolute Gasteiger partial charge is 0.316 e. The van der Waals surface area contributed by atoms with Gasteiger partial charge in [-0.15, -0.1) is 0 Å². The number of rotatable bonds is 18. The Morgan fingerprint density at radius 1 is 0.615 bits per heavy atom. The molecule has 0 aliphatic heterocycles. The van der Waals surface area contributed by atoms with Crippen LogP contribution < -0.4 is 5.32 Å². The van der Waals surface area contributed by atoms with Crippen molar-refractivity contribution in [3.05, 3.63) is 35.4 Å². The molecule has 0 amide bonds. The third-order valence-electron chi connectivity index (χ3n) is 5.54. The summed E-state index contributed by atoms with van der Waals surface area (Å²) >= 11 is 0. The lowest BCUT2D eigenvalue weighted by atomic mass is 10.0. The molecule has 1 aromatic carbocycles. The first kappa shape index (κ1) is 23.2. The number of hydrogen-bond acceptors (Lipinski definition) is 1. The van der Waals surface area contributed by atoms with Crippen LogP contribution in [0.25, 0.3) is 0 Å². The van der Waals surface area contributed by atoms with Crippen molar-refractivity contribution in [3.8, 4) is 0 Å². The van der Waals surface area contributed by atoms with Crippen molar-refractivity contribution in [1.82, 2.24) is 5.32 Å². The topological polar surface area (TPSA) is 12.0 Å². The minimum Gasteiger partial charge on any atom is -0.316 e. The van der Waals surface area contributed by atoms with Gasteiger partial charge in [-0.3, -0.25) is 0 Å². The van der Waals surface area contributed by atoms with Gasteiger partial charge in [-0.2, -0.15) is 0 Å². The zero-order valence-electron chi connectivity index (χ0n) is 17.8. The Labute approximate surface area is 164 Å². The highest BCUT2D eigenvalue weighted by atomic mass is 14.8. The average molecular weight is 360 g/mol. The van der Waals surface area contributed by atoms with E-state index in [0.717, 1.165) is 13.0 Å². The fourth-order valence-electron chi connectivity index (χ4n) is 3.68. The van der Waals surface area contributed by atoms with Crippen molar-refractivity contribution < 1.29 is 0 Å². The molecular formula is C25H45N. The van der Waals surface area contributed by atoms with Crippen LogP contribution in [0, 0.1) is 6.92 Å². The highest BCUT2D eigenvalue weighted by Gasteiger charge is 1.97. The first-order chi connectivity index (χ1) is 12.8. The number of nitrogens with one attached hydrogen (secondary N) is 1. The van der Waals surface area contributed by atoms with Crippen LogP contribution >= 0.6 is 0 Å². The Bertz CT molecular complexity index is 412. The number of aryl methyl sites for hydroxylation is 1. The molecule has 0 saturated carbocycles. The fraction of sp³-hybridized carbons (Fsp3) is 0.760. The van der Waals surface area contributed by atoms with Gasteiger partial charge < -0.3 is 5.32 Å². The molecule has 1 heteroatoms. The predicted octanol–water partition coefficient (Wildman–Crippen LogP) is 7.61. The van der Waals surface area contributed by atoms with E-state index >= 15 is 0 Å². The first-order valence-electron chi connectivity index (χ1n) is 11.6. The molecule has 150 valence electrons. The summed E-state index contributed by atoms with van der Waals surface area (Å²) in [5, 5.41) is 3.60. The van der Waals surface area contributed by atoms with E-state index in [9.17, 15) is 0 Å². The van der Waals surface area contributed by atoms with E-state index in [1.165, 1.54) is 108 Å². The number of hydrogen-bond donors (Lipinski definition) is 1. The Kier molecular flexibility index (Phi) is 15.7. The summed E-state index contributed by atoms with van der Waals surface area (Å²) in [7, 11) is 0. The molecule has 0 saturated heterocycles. The van der Waals surface area contributed by atoms with E-state index in [1.807, 2.05) is 0 Å². The first-order valence-corrected chi connectivity index (χ1v) is 11.6. The van der Waals surface area contributed by atoms with E-state index in [-0.39, 0.29) is 0 Å². The van der Waals surface area contributed by atoms with Gasteiger partial charge in [-0.25, -0.2) is 0 Å². The maximum absolute atomic E-state index is 3.60. The molecule has 0 spiro atoms. The van der Waals surface area contributed by atoms with Crippen molar-refractivity contribution in [1.29, 1.82) is 0 Å². The minimum atomic E-state index is 1.11. The van der Waals surface area contributed by atoms with Crippen molar-refractivity contribution >= 4 is 0 Å². The van der Waals surface area contributed by atoms with Crippen molar-refractivity contribution in [2.45, 2.75) is 110 Å². The maximum atomic E-state index is 3.60. The van der Waals surface area contributed by atoms with E-state index in [0.29, 0.717) is 0 Å². The van der Waals surface area contributed by atoms with Crippen LogP contribution in [0.1, 0.15) is 108 Å². The van der Waals surface area contributed by atoms with Crippen molar-refractivity contribution in [2.24, 2.45) is 0 Å². The standard InChI is InChI=1S/C25H45N/c1-3-4-5-6-7-8-9-10-11-12-13-14-15-18-22-26-23-21-25-20-17-16-19-24(25)2/h16-17,19-20,26H,3-15,18,21-23H2,1-2H3. The molecule has 1 rings (SSSR count). The van der Waals surface area contributed by atoms with Gasteiger partial charge in [0.2, 0.25) is 0 Å². The van der Waals surface area contributed by atoms with Crippen LogP contribution in [0.4, 0.5) is 0 Å². The Balaban J connectivity index is 1.74. The van der Waals surface area contributed by atoms with Crippen LogP contribution in [-0.2, 0) is 6.42 Å².